The van der Waals surface area contributed by atoms with Crippen LogP contribution in [0.5, 0.6) is 0 Å². The number of rotatable bonds is 7. The van der Waals surface area contributed by atoms with E-state index in [1.165, 1.54) is 16.7 Å². The molecular formula is C37H27Cl2N. The molecule has 0 atom stereocenters. The van der Waals surface area contributed by atoms with Crippen molar-refractivity contribution in [3.8, 4) is 44.8 Å². The standard InChI is InChI=1S/C37H27Cl2N/c38-34-21-27(22-35(39)25-34)12-11-26-13-15-32(16-14-26)37-24-33(23-36(40-37)31-9-5-2-6-10-31)30-19-17-29(18-20-30)28-7-3-1-4-8-28/h1-10,13-25H,11-12H2. The highest BCUT2D eigenvalue weighted by Crippen LogP contribution is 2.32. The summed E-state index contributed by atoms with van der Waals surface area (Å²) < 4.78 is 0. The zero-order chi connectivity index (χ0) is 27.3. The summed E-state index contributed by atoms with van der Waals surface area (Å²) >= 11 is 12.4. The highest BCUT2D eigenvalue weighted by Gasteiger charge is 2.10. The third-order valence-electron chi connectivity index (χ3n) is 7.09. The van der Waals surface area contributed by atoms with E-state index >= 15 is 0 Å². The quantitative estimate of drug-likeness (QED) is 0.191. The molecule has 5 aromatic carbocycles. The van der Waals surface area contributed by atoms with Gasteiger partial charge in [0.1, 0.15) is 0 Å². The topological polar surface area (TPSA) is 12.9 Å². The van der Waals surface area contributed by atoms with Crippen molar-refractivity contribution in [2.45, 2.75) is 12.8 Å². The minimum atomic E-state index is 0.674. The van der Waals surface area contributed by atoms with Crippen LogP contribution in [0, 0.1) is 0 Å². The minimum absolute atomic E-state index is 0.674. The number of nitrogens with zero attached hydrogens (tertiary/aromatic N) is 1. The molecule has 1 nitrogen and oxygen atoms in total. The molecular weight excluding hydrogens is 529 g/mol. The van der Waals surface area contributed by atoms with E-state index in [2.05, 4.69) is 109 Å². The number of halogens is 2. The molecule has 0 aliphatic heterocycles. The molecule has 6 aromatic rings. The smallest absolute Gasteiger partial charge is 0.0715 e. The van der Waals surface area contributed by atoms with Gasteiger partial charge in [-0.2, -0.15) is 0 Å². The zero-order valence-corrected chi connectivity index (χ0v) is 23.4. The van der Waals surface area contributed by atoms with Crippen molar-refractivity contribution in [3.63, 3.8) is 0 Å². The summed E-state index contributed by atoms with van der Waals surface area (Å²) in [5.41, 5.74) is 11.2. The Balaban J connectivity index is 1.30. The lowest BCUT2D eigenvalue weighted by Gasteiger charge is -2.12. The van der Waals surface area contributed by atoms with E-state index in [0.29, 0.717) is 10.0 Å². The van der Waals surface area contributed by atoms with Crippen molar-refractivity contribution in [1.29, 1.82) is 0 Å². The lowest BCUT2D eigenvalue weighted by atomic mass is 9.97. The van der Waals surface area contributed by atoms with Crippen LogP contribution in [0.1, 0.15) is 11.1 Å². The van der Waals surface area contributed by atoms with Crippen LogP contribution < -0.4 is 0 Å². The van der Waals surface area contributed by atoms with Gasteiger partial charge in [0.2, 0.25) is 0 Å². The Labute approximate surface area is 245 Å². The van der Waals surface area contributed by atoms with E-state index in [4.69, 9.17) is 28.2 Å². The first-order chi connectivity index (χ1) is 19.6. The maximum absolute atomic E-state index is 6.18. The number of benzene rings is 5. The van der Waals surface area contributed by atoms with Gasteiger partial charge in [-0.1, -0.05) is 132 Å². The first-order valence-electron chi connectivity index (χ1n) is 13.4. The minimum Gasteiger partial charge on any atom is -0.248 e. The van der Waals surface area contributed by atoms with Crippen LogP contribution in [0.15, 0.2) is 140 Å². The Bertz CT molecular complexity index is 1710. The fourth-order valence-electron chi connectivity index (χ4n) is 4.97. The van der Waals surface area contributed by atoms with E-state index in [1.807, 2.05) is 24.3 Å². The zero-order valence-electron chi connectivity index (χ0n) is 21.9. The second-order valence-electron chi connectivity index (χ2n) is 9.91. The molecule has 0 aliphatic rings. The van der Waals surface area contributed by atoms with Crippen molar-refractivity contribution in [3.05, 3.63) is 161 Å². The Morgan fingerprint density at radius 2 is 0.800 bits per heavy atom. The predicted octanol–water partition coefficient (Wildman–Crippen LogP) is 10.8. The lowest BCUT2D eigenvalue weighted by molar-refractivity contribution is 0.960. The Morgan fingerprint density at radius 3 is 1.38 bits per heavy atom. The van der Waals surface area contributed by atoms with E-state index < -0.39 is 0 Å². The number of pyridine rings is 1. The fraction of sp³-hybridized carbons (Fsp3) is 0.0541. The van der Waals surface area contributed by atoms with Gasteiger partial charge >= 0.3 is 0 Å². The molecule has 0 saturated heterocycles. The van der Waals surface area contributed by atoms with E-state index in [-0.39, 0.29) is 0 Å². The molecule has 6 rings (SSSR count). The summed E-state index contributed by atoms with van der Waals surface area (Å²) in [5.74, 6) is 0. The Hall–Kier alpha value is -4.17. The monoisotopic (exact) mass is 555 g/mol. The molecule has 0 bridgehead atoms. The average molecular weight is 557 g/mol. The van der Waals surface area contributed by atoms with Crippen LogP contribution in [-0.2, 0) is 12.8 Å². The molecule has 194 valence electrons. The second kappa shape index (κ2) is 11.9. The lowest BCUT2D eigenvalue weighted by Crippen LogP contribution is -1.93. The van der Waals surface area contributed by atoms with E-state index in [1.54, 1.807) is 6.07 Å². The highest BCUT2D eigenvalue weighted by atomic mass is 35.5. The molecule has 1 aromatic heterocycles. The van der Waals surface area contributed by atoms with Crippen LogP contribution in [0.25, 0.3) is 44.8 Å². The summed E-state index contributed by atoms with van der Waals surface area (Å²) in [6, 6.07) is 48.4. The largest absolute Gasteiger partial charge is 0.248 e. The fourth-order valence-corrected chi connectivity index (χ4v) is 5.55. The molecule has 40 heavy (non-hydrogen) atoms. The van der Waals surface area contributed by atoms with Gasteiger partial charge in [-0.25, -0.2) is 4.98 Å². The van der Waals surface area contributed by atoms with Gasteiger partial charge in [-0.3, -0.25) is 0 Å². The molecule has 0 N–H and O–H groups in total. The van der Waals surface area contributed by atoms with Crippen molar-refractivity contribution < 1.29 is 0 Å². The third kappa shape index (κ3) is 6.18. The summed E-state index contributed by atoms with van der Waals surface area (Å²) in [6.45, 7) is 0. The third-order valence-corrected chi connectivity index (χ3v) is 7.53. The molecule has 0 aliphatic carbocycles. The normalized spacial score (nSPS) is 10.9. The molecule has 1 heterocycles. The average Bonchev–Trinajstić information content (AvgIpc) is 3.01. The van der Waals surface area contributed by atoms with Crippen LogP contribution >= 0.6 is 23.2 Å². The van der Waals surface area contributed by atoms with Crippen molar-refractivity contribution in [1.82, 2.24) is 4.98 Å². The summed E-state index contributed by atoms with van der Waals surface area (Å²) in [6.07, 6.45) is 1.79. The second-order valence-corrected chi connectivity index (χ2v) is 10.8. The molecule has 0 spiro atoms. The first kappa shape index (κ1) is 26.1. The first-order valence-corrected chi connectivity index (χ1v) is 14.1. The van der Waals surface area contributed by atoms with Crippen molar-refractivity contribution >= 4 is 23.2 Å². The van der Waals surface area contributed by atoms with Gasteiger partial charge in [0.25, 0.3) is 0 Å². The molecule has 0 amide bonds. The van der Waals surface area contributed by atoms with Gasteiger partial charge in [-0.05, 0) is 76.6 Å². The Morgan fingerprint density at radius 1 is 0.375 bits per heavy atom. The van der Waals surface area contributed by atoms with E-state index in [9.17, 15) is 0 Å². The highest BCUT2D eigenvalue weighted by molar-refractivity contribution is 6.34. The SMILES string of the molecule is Clc1cc(Cl)cc(CCc2ccc(-c3cc(-c4ccc(-c5ccccc5)cc4)cc(-c4ccccc4)n3)cc2)c1. The Kier molecular flexibility index (Phi) is 7.77. The number of hydrogen-bond acceptors (Lipinski definition) is 1. The summed E-state index contributed by atoms with van der Waals surface area (Å²) in [4.78, 5) is 5.08. The van der Waals surface area contributed by atoms with E-state index in [0.717, 1.165) is 52.0 Å². The van der Waals surface area contributed by atoms with Gasteiger partial charge in [0, 0.05) is 21.2 Å². The molecule has 3 heteroatoms. The molecule has 0 saturated carbocycles. The van der Waals surface area contributed by atoms with Crippen molar-refractivity contribution in [2.75, 3.05) is 0 Å². The molecule has 0 unspecified atom stereocenters. The predicted molar refractivity (Wildman–Crippen MR) is 170 cm³/mol. The number of aromatic nitrogens is 1. The van der Waals surface area contributed by atoms with Gasteiger partial charge in [0.15, 0.2) is 0 Å². The maximum Gasteiger partial charge on any atom is 0.0715 e. The van der Waals surface area contributed by atoms with Crippen LogP contribution in [-0.4, -0.2) is 4.98 Å². The van der Waals surface area contributed by atoms with Gasteiger partial charge in [-0.15, -0.1) is 0 Å². The van der Waals surface area contributed by atoms with Gasteiger partial charge in [0.05, 0.1) is 11.4 Å². The molecule has 0 fully saturated rings. The van der Waals surface area contributed by atoms with Crippen molar-refractivity contribution in [2.24, 2.45) is 0 Å². The van der Waals surface area contributed by atoms with Crippen LogP contribution in [0.2, 0.25) is 10.0 Å². The van der Waals surface area contributed by atoms with Gasteiger partial charge < -0.3 is 0 Å². The maximum atomic E-state index is 6.18. The summed E-state index contributed by atoms with van der Waals surface area (Å²) in [7, 11) is 0. The molecule has 0 radical (unpaired) electrons. The number of aryl methyl sites for hydroxylation is 2. The van der Waals surface area contributed by atoms with Crippen LogP contribution in [0.4, 0.5) is 0 Å². The van der Waals surface area contributed by atoms with Crippen LogP contribution in [0.3, 0.4) is 0 Å². The number of hydrogen-bond donors (Lipinski definition) is 0. The summed E-state index contributed by atoms with van der Waals surface area (Å²) in [5, 5.41) is 1.35.